The molecule has 0 aliphatic heterocycles. The van der Waals surface area contributed by atoms with E-state index in [0.29, 0.717) is 36.7 Å². The zero-order valence-electron chi connectivity index (χ0n) is 34.4. The van der Waals surface area contributed by atoms with Gasteiger partial charge in [-0.05, 0) is 107 Å². The van der Waals surface area contributed by atoms with Crippen molar-refractivity contribution < 1.29 is 42.5 Å². The van der Waals surface area contributed by atoms with Crippen LogP contribution in [-0.2, 0) is 35.5 Å². The quantitative estimate of drug-likeness (QED) is 0.0665. The van der Waals surface area contributed by atoms with Gasteiger partial charge in [-0.15, -0.1) is 0 Å². The minimum Gasteiger partial charge on any atom is -0.507 e. The van der Waals surface area contributed by atoms with Crippen LogP contribution in [0, 0.1) is 13.8 Å². The largest absolute Gasteiger partial charge is 0.507 e. The molecule has 3 N–H and O–H groups in total. The highest BCUT2D eigenvalue weighted by atomic mass is 31.2. The van der Waals surface area contributed by atoms with Crippen LogP contribution < -0.4 is 4.52 Å². The predicted molar refractivity (Wildman–Crippen MR) is 227 cm³/mol. The molecule has 0 spiro atoms. The van der Waals surface area contributed by atoms with Gasteiger partial charge >= 0.3 is 15.2 Å². The molecule has 1 unspecified atom stereocenters. The fraction of sp³-hybridized carbons (Fsp3) is 0.455. The molecule has 4 rings (SSSR count). The Morgan fingerprint density at radius 1 is 0.527 bits per heavy atom. The third-order valence-electron chi connectivity index (χ3n) is 8.40. The number of aryl methyl sites for hydroxylation is 4. The second-order valence-corrected chi connectivity index (χ2v) is 17.6. The van der Waals surface area contributed by atoms with Crippen LogP contribution in [0.2, 0.25) is 0 Å². The maximum atomic E-state index is 12.6. The van der Waals surface area contributed by atoms with Gasteiger partial charge in [0.25, 0.3) is 0 Å². The van der Waals surface area contributed by atoms with Crippen LogP contribution >= 0.6 is 15.2 Å². The topological polar surface area (TPSA) is 132 Å². The summed E-state index contributed by atoms with van der Waals surface area (Å²) >= 11 is 0. The second-order valence-electron chi connectivity index (χ2n) is 13.5. The predicted octanol–water partition coefficient (Wildman–Crippen LogP) is 13.0. The molecule has 0 bridgehead atoms. The lowest BCUT2D eigenvalue weighted by molar-refractivity contribution is 0.225. The van der Waals surface area contributed by atoms with Crippen molar-refractivity contribution in [3.05, 3.63) is 95.1 Å². The Balaban J connectivity index is 0.000000318. The van der Waals surface area contributed by atoms with E-state index in [4.69, 9.17) is 18.1 Å². The molecular formula is C44H64O9P2. The van der Waals surface area contributed by atoms with E-state index in [2.05, 4.69) is 13.8 Å². The van der Waals surface area contributed by atoms with Gasteiger partial charge < -0.3 is 33.4 Å². The molecule has 0 heterocycles. The lowest BCUT2D eigenvalue weighted by Crippen LogP contribution is -1.99. The van der Waals surface area contributed by atoms with Gasteiger partial charge in [-0.25, -0.2) is 4.57 Å². The lowest BCUT2D eigenvalue weighted by atomic mass is 9.98. The molecular weight excluding hydrogens is 734 g/mol. The van der Waals surface area contributed by atoms with Gasteiger partial charge in [0.2, 0.25) is 0 Å². The summed E-state index contributed by atoms with van der Waals surface area (Å²) in [5, 5.41) is 31.1. The third-order valence-corrected chi connectivity index (χ3v) is 11.1. The van der Waals surface area contributed by atoms with Crippen molar-refractivity contribution in [3.63, 3.8) is 0 Å². The third kappa shape index (κ3) is 17.0. The number of rotatable bonds is 18. The maximum Gasteiger partial charge on any atom is 0.376 e. The Labute approximate surface area is 330 Å². The van der Waals surface area contributed by atoms with Gasteiger partial charge in [-0.2, -0.15) is 0 Å². The molecule has 0 aliphatic carbocycles. The highest BCUT2D eigenvalue weighted by Gasteiger charge is 2.23. The molecule has 55 heavy (non-hydrogen) atoms. The molecule has 0 fully saturated rings. The van der Waals surface area contributed by atoms with Gasteiger partial charge in [0.1, 0.15) is 23.0 Å². The number of hydrogen-bond donors (Lipinski definition) is 3. The van der Waals surface area contributed by atoms with Crippen LogP contribution in [-0.4, -0.2) is 48.5 Å². The van der Waals surface area contributed by atoms with Crippen LogP contribution in [0.5, 0.6) is 23.0 Å². The first-order valence-corrected chi connectivity index (χ1v) is 23.4. The molecule has 0 saturated heterocycles. The Hall–Kier alpha value is -3.58. The van der Waals surface area contributed by atoms with Crippen LogP contribution in [0.25, 0.3) is 22.3 Å². The monoisotopic (exact) mass is 798 g/mol. The number of benzene rings is 4. The molecule has 0 aromatic heterocycles. The number of hydrogen-bond acceptors (Lipinski definition) is 9. The Bertz CT molecular complexity index is 1820. The summed E-state index contributed by atoms with van der Waals surface area (Å²) in [7, 11) is -5.95. The van der Waals surface area contributed by atoms with Gasteiger partial charge in [-0.1, -0.05) is 99.2 Å². The average molecular weight is 799 g/mol. The number of aromatic hydroxyl groups is 3. The number of phenolic OH excluding ortho intramolecular Hbond substituents is 3. The standard InChI is InChI=1S/C21H29O4P.C18H22O2.C5H13O3P/c1-5-7-8-11-17-14-19(22)21(18-12-9-10-16(3)13-18)20(15-17)25-26(4,23)24-6-2;1-3-4-5-8-14-11-16(19)18(17(20)12-14)15-9-6-7-13(2)10-15;1-4-7-9(3,6)8-5-2/h9-10,12-15,22H,5-8,11H2,1-4H3;6-7,9-12,19-20H,3-5,8H2,1-2H3;4-5H2,1-3H3. The summed E-state index contributed by atoms with van der Waals surface area (Å²) in [6, 6.07) is 22.8. The van der Waals surface area contributed by atoms with Crippen LogP contribution in [0.15, 0.2) is 72.8 Å². The van der Waals surface area contributed by atoms with Crippen molar-refractivity contribution in [2.45, 2.75) is 99.8 Å². The molecule has 0 radical (unpaired) electrons. The van der Waals surface area contributed by atoms with E-state index in [9.17, 15) is 24.4 Å². The van der Waals surface area contributed by atoms with E-state index >= 15 is 0 Å². The fourth-order valence-electron chi connectivity index (χ4n) is 5.98. The molecule has 11 heteroatoms. The first-order chi connectivity index (χ1) is 26.1. The normalized spacial score (nSPS) is 12.2. The highest BCUT2D eigenvalue weighted by molar-refractivity contribution is 7.53. The zero-order chi connectivity index (χ0) is 41.0. The number of phenols is 3. The van der Waals surface area contributed by atoms with Gasteiger partial charge in [0, 0.05) is 13.3 Å². The van der Waals surface area contributed by atoms with Crippen molar-refractivity contribution in [2.24, 2.45) is 0 Å². The minimum atomic E-state index is -3.26. The van der Waals surface area contributed by atoms with Crippen molar-refractivity contribution in [2.75, 3.05) is 33.2 Å². The highest BCUT2D eigenvalue weighted by Crippen LogP contribution is 2.50. The molecule has 0 aliphatic rings. The molecule has 0 saturated carbocycles. The second kappa shape index (κ2) is 24.1. The van der Waals surface area contributed by atoms with E-state index in [-0.39, 0.29) is 17.2 Å². The van der Waals surface area contributed by atoms with E-state index < -0.39 is 15.2 Å². The molecule has 4 aromatic carbocycles. The van der Waals surface area contributed by atoms with E-state index in [0.717, 1.165) is 71.9 Å². The van der Waals surface area contributed by atoms with E-state index in [1.807, 2.05) is 68.4 Å². The molecule has 304 valence electrons. The Kier molecular flexibility index (Phi) is 20.9. The maximum absolute atomic E-state index is 12.6. The summed E-state index contributed by atoms with van der Waals surface area (Å²) in [4.78, 5) is 0. The Morgan fingerprint density at radius 2 is 0.927 bits per heavy atom. The summed E-state index contributed by atoms with van der Waals surface area (Å²) in [5.74, 6) is 0.849. The van der Waals surface area contributed by atoms with E-state index in [1.54, 1.807) is 39.0 Å². The average Bonchev–Trinajstić information content (AvgIpc) is 3.08. The lowest BCUT2D eigenvalue weighted by Gasteiger charge is -2.19. The Morgan fingerprint density at radius 3 is 1.35 bits per heavy atom. The molecule has 4 aromatic rings. The van der Waals surface area contributed by atoms with Crippen LogP contribution in [0.3, 0.4) is 0 Å². The smallest absolute Gasteiger partial charge is 0.376 e. The SMILES string of the molecule is CCCCCc1cc(O)c(-c2cccc(C)c2)c(O)c1.CCCCCc1cc(O)c(-c2cccc(C)c2)c(OP(C)(=O)OCC)c1.CCOP(C)(=O)OCC. The van der Waals surface area contributed by atoms with Crippen molar-refractivity contribution in [1.82, 2.24) is 0 Å². The van der Waals surface area contributed by atoms with E-state index in [1.165, 1.54) is 26.2 Å². The fourth-order valence-corrected chi connectivity index (χ4v) is 8.01. The van der Waals surface area contributed by atoms with Gasteiger partial charge in [0.05, 0.1) is 30.9 Å². The minimum absolute atomic E-state index is 0.135. The van der Waals surface area contributed by atoms with Crippen molar-refractivity contribution in [1.29, 1.82) is 0 Å². The van der Waals surface area contributed by atoms with Gasteiger partial charge in [0.15, 0.2) is 0 Å². The first kappa shape index (κ1) is 47.6. The summed E-state index contributed by atoms with van der Waals surface area (Å²) in [6.07, 6.45) is 8.44. The molecule has 9 nitrogen and oxygen atoms in total. The zero-order valence-corrected chi connectivity index (χ0v) is 36.2. The van der Waals surface area contributed by atoms with Gasteiger partial charge in [-0.3, -0.25) is 4.57 Å². The molecule has 0 amide bonds. The van der Waals surface area contributed by atoms with Crippen molar-refractivity contribution in [3.8, 4) is 45.3 Å². The first-order valence-electron chi connectivity index (χ1n) is 19.4. The summed E-state index contributed by atoms with van der Waals surface area (Å²) < 4.78 is 44.2. The number of unbranched alkanes of at least 4 members (excludes halogenated alkanes) is 4. The van der Waals surface area contributed by atoms with Crippen LogP contribution in [0.4, 0.5) is 0 Å². The summed E-state index contributed by atoms with van der Waals surface area (Å²) in [5.41, 5.74) is 6.89. The van der Waals surface area contributed by atoms with Crippen LogP contribution in [0.1, 0.15) is 95.4 Å². The summed E-state index contributed by atoms with van der Waals surface area (Å²) in [6.45, 7) is 17.8. The molecule has 1 atom stereocenters. The van der Waals surface area contributed by atoms with Crippen molar-refractivity contribution >= 4 is 15.2 Å².